The molecular formula is C19H21NO7. The number of hydrogen-bond acceptors (Lipinski definition) is 7. The Morgan fingerprint density at radius 1 is 1.11 bits per heavy atom. The molecule has 0 bridgehead atoms. The minimum Gasteiger partial charge on any atom is -0.465 e. The van der Waals surface area contributed by atoms with Crippen molar-refractivity contribution < 1.29 is 33.0 Å². The largest absolute Gasteiger partial charge is 0.465 e. The number of anilines is 1. The van der Waals surface area contributed by atoms with Gasteiger partial charge >= 0.3 is 18.0 Å². The summed E-state index contributed by atoms with van der Waals surface area (Å²) in [6.07, 6.45) is 0.673. The van der Waals surface area contributed by atoms with Gasteiger partial charge in [-0.05, 0) is 45.0 Å². The minimum atomic E-state index is -0.643. The SMILES string of the molecule is COC(=O)c1ccoc1COC(=O)c1cccc(NC(=O)OC(C)(C)C)c1. The Balaban J connectivity index is 2.00. The fourth-order valence-corrected chi connectivity index (χ4v) is 2.10. The number of hydrogen-bond donors (Lipinski definition) is 1. The molecule has 27 heavy (non-hydrogen) atoms. The molecule has 0 aliphatic rings. The highest BCUT2D eigenvalue weighted by molar-refractivity contribution is 5.93. The molecule has 0 fully saturated rings. The van der Waals surface area contributed by atoms with Crippen LogP contribution in [0.15, 0.2) is 41.0 Å². The van der Waals surface area contributed by atoms with E-state index in [0.29, 0.717) is 5.69 Å². The fraction of sp³-hybridized carbons (Fsp3) is 0.316. The van der Waals surface area contributed by atoms with Crippen molar-refractivity contribution in [1.82, 2.24) is 0 Å². The normalized spacial score (nSPS) is 10.8. The van der Waals surface area contributed by atoms with Crippen molar-refractivity contribution in [1.29, 1.82) is 0 Å². The quantitative estimate of drug-likeness (QED) is 0.626. The van der Waals surface area contributed by atoms with E-state index in [-0.39, 0.29) is 23.5 Å². The molecule has 0 atom stereocenters. The summed E-state index contributed by atoms with van der Waals surface area (Å²) in [6, 6.07) is 7.63. The summed E-state index contributed by atoms with van der Waals surface area (Å²) >= 11 is 0. The first-order valence-corrected chi connectivity index (χ1v) is 8.11. The summed E-state index contributed by atoms with van der Waals surface area (Å²) in [6.45, 7) is 5.01. The van der Waals surface area contributed by atoms with Gasteiger partial charge in [0.1, 0.15) is 11.2 Å². The van der Waals surface area contributed by atoms with Crippen molar-refractivity contribution in [2.24, 2.45) is 0 Å². The van der Waals surface area contributed by atoms with Crippen molar-refractivity contribution in [2.45, 2.75) is 33.0 Å². The van der Waals surface area contributed by atoms with E-state index in [1.165, 1.54) is 31.6 Å². The Morgan fingerprint density at radius 2 is 1.85 bits per heavy atom. The molecule has 0 radical (unpaired) electrons. The first-order valence-electron chi connectivity index (χ1n) is 8.11. The third-order valence-electron chi connectivity index (χ3n) is 3.23. The summed E-state index contributed by atoms with van der Waals surface area (Å²) in [5, 5.41) is 2.55. The molecule has 2 aromatic rings. The van der Waals surface area contributed by atoms with Gasteiger partial charge in [-0.1, -0.05) is 6.07 Å². The number of carbonyl (C=O) groups excluding carboxylic acids is 3. The van der Waals surface area contributed by atoms with Crippen LogP contribution in [0.5, 0.6) is 0 Å². The first kappa shape index (κ1) is 20.0. The Hall–Kier alpha value is -3.29. The lowest BCUT2D eigenvalue weighted by atomic mass is 10.2. The van der Waals surface area contributed by atoms with Crippen molar-refractivity contribution >= 4 is 23.7 Å². The van der Waals surface area contributed by atoms with Gasteiger partial charge in [-0.3, -0.25) is 5.32 Å². The molecule has 0 saturated heterocycles. The van der Waals surface area contributed by atoms with Gasteiger partial charge in [0, 0.05) is 5.69 Å². The Bertz CT molecular complexity index is 833. The molecule has 1 heterocycles. The highest BCUT2D eigenvalue weighted by Gasteiger charge is 2.19. The molecule has 1 amide bonds. The van der Waals surface area contributed by atoms with E-state index in [1.807, 2.05) is 0 Å². The van der Waals surface area contributed by atoms with E-state index in [9.17, 15) is 14.4 Å². The van der Waals surface area contributed by atoms with Crippen LogP contribution in [-0.4, -0.2) is 30.7 Å². The fourth-order valence-electron chi connectivity index (χ4n) is 2.10. The Labute approximate surface area is 156 Å². The van der Waals surface area contributed by atoms with Crippen LogP contribution < -0.4 is 5.32 Å². The summed E-state index contributed by atoms with van der Waals surface area (Å²) < 4.78 is 20.1. The molecule has 2 rings (SSSR count). The van der Waals surface area contributed by atoms with Crippen LogP contribution in [-0.2, 0) is 20.8 Å². The van der Waals surface area contributed by atoms with Gasteiger partial charge in [0.2, 0.25) is 0 Å². The topological polar surface area (TPSA) is 104 Å². The summed E-state index contributed by atoms with van der Waals surface area (Å²) in [7, 11) is 1.24. The number of amides is 1. The number of methoxy groups -OCH3 is 1. The van der Waals surface area contributed by atoms with Crippen molar-refractivity contribution in [2.75, 3.05) is 12.4 Å². The maximum atomic E-state index is 12.2. The number of benzene rings is 1. The lowest BCUT2D eigenvalue weighted by Crippen LogP contribution is -2.27. The summed E-state index contributed by atoms with van der Waals surface area (Å²) in [5.41, 5.74) is 0.147. The number of esters is 2. The second-order valence-electron chi connectivity index (χ2n) is 6.53. The molecule has 8 nitrogen and oxygen atoms in total. The number of ether oxygens (including phenoxy) is 3. The highest BCUT2D eigenvalue weighted by atomic mass is 16.6. The zero-order valence-electron chi connectivity index (χ0n) is 15.5. The lowest BCUT2D eigenvalue weighted by Gasteiger charge is -2.19. The molecule has 0 unspecified atom stereocenters. The van der Waals surface area contributed by atoms with E-state index in [2.05, 4.69) is 10.1 Å². The van der Waals surface area contributed by atoms with Crippen LogP contribution in [0.3, 0.4) is 0 Å². The molecule has 0 aliphatic carbocycles. The average molecular weight is 375 g/mol. The molecule has 0 aliphatic heterocycles. The molecule has 1 N–H and O–H groups in total. The summed E-state index contributed by atoms with van der Waals surface area (Å²) in [4.78, 5) is 35.6. The second kappa shape index (κ2) is 8.39. The molecule has 144 valence electrons. The number of carbonyl (C=O) groups is 3. The smallest absolute Gasteiger partial charge is 0.412 e. The van der Waals surface area contributed by atoms with Crippen LogP contribution in [0, 0.1) is 0 Å². The van der Waals surface area contributed by atoms with Gasteiger partial charge in [0.15, 0.2) is 12.4 Å². The predicted octanol–water partition coefficient (Wildman–Crippen LogP) is 3.77. The van der Waals surface area contributed by atoms with Gasteiger partial charge in [-0.15, -0.1) is 0 Å². The number of furan rings is 1. The van der Waals surface area contributed by atoms with Crippen LogP contribution in [0.2, 0.25) is 0 Å². The Morgan fingerprint density at radius 3 is 2.52 bits per heavy atom. The summed E-state index contributed by atoms with van der Waals surface area (Å²) in [5.74, 6) is -1.05. The third-order valence-corrected chi connectivity index (χ3v) is 3.23. The maximum Gasteiger partial charge on any atom is 0.412 e. The van der Waals surface area contributed by atoms with Crippen LogP contribution in [0.25, 0.3) is 0 Å². The van der Waals surface area contributed by atoms with E-state index in [4.69, 9.17) is 13.9 Å². The van der Waals surface area contributed by atoms with Crippen molar-refractivity contribution in [3.8, 4) is 0 Å². The monoisotopic (exact) mass is 375 g/mol. The molecule has 8 heteroatoms. The molecule has 0 spiro atoms. The van der Waals surface area contributed by atoms with Crippen LogP contribution in [0.1, 0.15) is 47.2 Å². The van der Waals surface area contributed by atoms with Crippen molar-refractivity contribution in [3.05, 3.63) is 53.5 Å². The third kappa shape index (κ3) is 5.88. The predicted molar refractivity (Wildman–Crippen MR) is 95.5 cm³/mol. The minimum absolute atomic E-state index is 0.179. The second-order valence-corrected chi connectivity index (χ2v) is 6.53. The van der Waals surface area contributed by atoms with E-state index in [1.54, 1.807) is 32.9 Å². The average Bonchev–Trinajstić information content (AvgIpc) is 3.06. The zero-order chi connectivity index (χ0) is 20.0. The molecular weight excluding hydrogens is 354 g/mol. The lowest BCUT2D eigenvalue weighted by molar-refractivity contribution is 0.0432. The van der Waals surface area contributed by atoms with Gasteiger partial charge in [0.05, 0.1) is 18.9 Å². The van der Waals surface area contributed by atoms with E-state index >= 15 is 0 Å². The maximum absolute atomic E-state index is 12.2. The Kier molecular flexibility index (Phi) is 6.23. The number of rotatable bonds is 5. The van der Waals surface area contributed by atoms with Gasteiger partial charge in [-0.2, -0.15) is 0 Å². The molecule has 1 aromatic heterocycles. The van der Waals surface area contributed by atoms with E-state index < -0.39 is 23.6 Å². The molecule has 1 aromatic carbocycles. The van der Waals surface area contributed by atoms with Crippen LogP contribution in [0.4, 0.5) is 10.5 Å². The van der Waals surface area contributed by atoms with Gasteiger partial charge < -0.3 is 18.6 Å². The van der Waals surface area contributed by atoms with Crippen molar-refractivity contribution in [3.63, 3.8) is 0 Å². The highest BCUT2D eigenvalue weighted by Crippen LogP contribution is 2.17. The van der Waals surface area contributed by atoms with Crippen LogP contribution >= 0.6 is 0 Å². The number of nitrogens with one attached hydrogen (secondary N) is 1. The van der Waals surface area contributed by atoms with Gasteiger partial charge in [0.25, 0.3) is 0 Å². The van der Waals surface area contributed by atoms with Gasteiger partial charge in [-0.25, -0.2) is 14.4 Å². The first-order chi connectivity index (χ1) is 12.7. The standard InChI is InChI=1S/C19H21NO7/c1-19(2,3)27-18(23)20-13-7-5-6-12(10-13)16(21)26-11-15-14(8-9-25-15)17(22)24-4/h5-10H,11H2,1-4H3,(H,20,23). The molecule has 0 saturated carbocycles. The zero-order valence-corrected chi connectivity index (χ0v) is 15.5. The van der Waals surface area contributed by atoms with E-state index in [0.717, 1.165) is 0 Å².